The van der Waals surface area contributed by atoms with Gasteiger partial charge in [-0.3, -0.25) is 0 Å². The lowest BCUT2D eigenvalue weighted by Crippen LogP contribution is -2.15. The largest absolute Gasteiger partial charge is 0.356 e. The van der Waals surface area contributed by atoms with Gasteiger partial charge in [-0.2, -0.15) is 0 Å². The fourth-order valence-electron chi connectivity index (χ4n) is 4.42. The highest BCUT2D eigenvalue weighted by molar-refractivity contribution is 5.66. The van der Waals surface area contributed by atoms with E-state index in [0.717, 1.165) is 11.8 Å². The molecule has 3 aromatic rings. The normalized spacial score (nSPS) is 20.5. The van der Waals surface area contributed by atoms with Crippen molar-refractivity contribution >= 4 is 0 Å². The Labute approximate surface area is 151 Å². The van der Waals surface area contributed by atoms with Crippen LogP contribution >= 0.6 is 0 Å². The van der Waals surface area contributed by atoms with Crippen LogP contribution in [0, 0.1) is 5.92 Å². The van der Waals surface area contributed by atoms with Crippen LogP contribution in [0.3, 0.4) is 0 Å². The summed E-state index contributed by atoms with van der Waals surface area (Å²) in [5, 5.41) is 0. The first kappa shape index (κ1) is 16.2. The van der Waals surface area contributed by atoms with Crippen molar-refractivity contribution in [3.8, 4) is 11.1 Å². The third-order valence-corrected chi connectivity index (χ3v) is 5.75. The maximum Gasteiger partial charge on any atom is 0.0113 e. The van der Waals surface area contributed by atoms with Crippen molar-refractivity contribution in [1.29, 1.82) is 0 Å². The maximum atomic E-state index is 2.33. The van der Waals surface area contributed by atoms with Gasteiger partial charge in [0.1, 0.15) is 0 Å². The Bertz CT molecular complexity index is 793. The van der Waals surface area contributed by atoms with Crippen LogP contribution in [0.2, 0.25) is 0 Å². The molecule has 2 aromatic carbocycles. The van der Waals surface area contributed by atoms with E-state index < -0.39 is 0 Å². The molecule has 1 heterocycles. The molecular weight excluding hydrogens is 302 g/mol. The summed E-state index contributed by atoms with van der Waals surface area (Å²) in [6.45, 7) is 0. The lowest BCUT2D eigenvalue weighted by molar-refractivity contribution is 0.324. The zero-order chi connectivity index (χ0) is 17.1. The summed E-state index contributed by atoms with van der Waals surface area (Å²) in [4.78, 5) is 0. The van der Waals surface area contributed by atoms with Gasteiger partial charge in [-0.1, -0.05) is 60.7 Å². The van der Waals surface area contributed by atoms with Gasteiger partial charge in [0.2, 0.25) is 0 Å². The Morgan fingerprint density at radius 3 is 2.12 bits per heavy atom. The second kappa shape index (κ2) is 7.31. The maximum absolute atomic E-state index is 2.33. The summed E-state index contributed by atoms with van der Waals surface area (Å²) in [5.74, 6) is 1.59. The number of aryl methyl sites for hydroxylation is 1. The zero-order valence-corrected chi connectivity index (χ0v) is 15.1. The van der Waals surface area contributed by atoms with E-state index >= 15 is 0 Å². The summed E-state index contributed by atoms with van der Waals surface area (Å²) >= 11 is 0. The molecule has 25 heavy (non-hydrogen) atoms. The molecule has 4 rings (SSSR count). The lowest BCUT2D eigenvalue weighted by Gasteiger charge is -2.29. The minimum absolute atomic E-state index is 0.766. The summed E-state index contributed by atoms with van der Waals surface area (Å²) in [5.41, 5.74) is 5.80. The second-order valence-corrected chi connectivity index (χ2v) is 7.56. The number of hydrogen-bond donors (Lipinski definition) is 0. The Morgan fingerprint density at radius 1 is 0.800 bits per heavy atom. The summed E-state index contributed by atoms with van der Waals surface area (Å²) < 4.78 is 2.22. The van der Waals surface area contributed by atoms with E-state index in [9.17, 15) is 0 Å². The molecule has 1 aliphatic rings. The van der Waals surface area contributed by atoms with Crippen molar-refractivity contribution in [3.05, 3.63) is 84.2 Å². The first-order chi connectivity index (χ1) is 12.3. The molecule has 0 unspecified atom stereocenters. The van der Waals surface area contributed by atoms with Crippen molar-refractivity contribution in [1.82, 2.24) is 4.57 Å². The average Bonchev–Trinajstić information content (AvgIpc) is 3.04. The van der Waals surface area contributed by atoms with Crippen LogP contribution in [-0.2, 0) is 13.5 Å². The fraction of sp³-hybridized carbons (Fsp3) is 0.333. The van der Waals surface area contributed by atoms with Crippen LogP contribution < -0.4 is 0 Å². The highest BCUT2D eigenvalue weighted by atomic mass is 14.9. The number of benzene rings is 2. The number of aromatic nitrogens is 1. The molecule has 1 aliphatic carbocycles. The van der Waals surface area contributed by atoms with Gasteiger partial charge in [0.15, 0.2) is 0 Å². The molecule has 0 spiro atoms. The molecule has 1 nitrogen and oxygen atoms in total. The van der Waals surface area contributed by atoms with Gasteiger partial charge < -0.3 is 4.57 Å². The quantitative estimate of drug-likeness (QED) is 0.536. The van der Waals surface area contributed by atoms with Crippen LogP contribution in [0.25, 0.3) is 11.1 Å². The number of nitrogens with zero attached hydrogens (tertiary/aromatic N) is 1. The van der Waals surface area contributed by atoms with Gasteiger partial charge in [0, 0.05) is 25.0 Å². The van der Waals surface area contributed by atoms with E-state index in [1.165, 1.54) is 54.4 Å². The molecule has 0 N–H and O–H groups in total. The van der Waals surface area contributed by atoms with Crippen molar-refractivity contribution < 1.29 is 0 Å². The number of rotatable bonds is 4. The van der Waals surface area contributed by atoms with Gasteiger partial charge in [0.25, 0.3) is 0 Å². The van der Waals surface area contributed by atoms with E-state index in [-0.39, 0.29) is 0 Å². The first-order valence-electron chi connectivity index (χ1n) is 9.55. The van der Waals surface area contributed by atoms with Crippen LogP contribution in [0.4, 0.5) is 0 Å². The summed E-state index contributed by atoms with van der Waals surface area (Å²) in [7, 11) is 2.14. The molecule has 1 saturated carbocycles. The van der Waals surface area contributed by atoms with E-state index in [1.807, 2.05) is 0 Å². The van der Waals surface area contributed by atoms with E-state index in [0.29, 0.717) is 0 Å². The van der Waals surface area contributed by atoms with E-state index in [4.69, 9.17) is 0 Å². The fourth-order valence-corrected chi connectivity index (χ4v) is 4.42. The molecule has 1 aromatic heterocycles. The molecule has 0 amide bonds. The third-order valence-electron chi connectivity index (χ3n) is 5.75. The molecule has 0 bridgehead atoms. The third kappa shape index (κ3) is 3.71. The van der Waals surface area contributed by atoms with Crippen molar-refractivity contribution in [2.75, 3.05) is 0 Å². The summed E-state index contributed by atoms with van der Waals surface area (Å²) in [6, 6.07) is 21.9. The molecule has 0 atom stereocenters. The Balaban J connectivity index is 1.44. The Morgan fingerprint density at radius 2 is 1.44 bits per heavy atom. The summed E-state index contributed by atoms with van der Waals surface area (Å²) in [6.07, 6.45) is 11.2. The highest BCUT2D eigenvalue weighted by Gasteiger charge is 2.23. The lowest BCUT2D eigenvalue weighted by atomic mass is 9.76. The minimum atomic E-state index is 0.766. The van der Waals surface area contributed by atoms with Crippen molar-refractivity contribution in [2.24, 2.45) is 13.0 Å². The Kier molecular flexibility index (Phi) is 4.74. The van der Waals surface area contributed by atoms with Crippen LogP contribution in [0.1, 0.15) is 42.7 Å². The number of hydrogen-bond acceptors (Lipinski definition) is 0. The SMILES string of the molecule is Cn1cc(CC2CCC(c3ccccc3)CC2)c(-c2ccccc2)c1. The van der Waals surface area contributed by atoms with E-state index in [2.05, 4.69) is 84.7 Å². The molecular formula is C24H27N. The monoisotopic (exact) mass is 329 g/mol. The van der Waals surface area contributed by atoms with Crippen LogP contribution in [0.15, 0.2) is 73.1 Å². The van der Waals surface area contributed by atoms with Gasteiger partial charge in [-0.05, 0) is 60.6 Å². The van der Waals surface area contributed by atoms with Crippen molar-refractivity contribution in [2.45, 2.75) is 38.0 Å². The first-order valence-corrected chi connectivity index (χ1v) is 9.55. The second-order valence-electron chi connectivity index (χ2n) is 7.56. The molecule has 1 heteroatoms. The molecule has 128 valence electrons. The highest BCUT2D eigenvalue weighted by Crippen LogP contribution is 2.38. The molecule has 0 saturated heterocycles. The minimum Gasteiger partial charge on any atom is -0.356 e. The smallest absolute Gasteiger partial charge is 0.0113 e. The molecule has 0 aliphatic heterocycles. The molecule has 0 radical (unpaired) electrons. The zero-order valence-electron chi connectivity index (χ0n) is 15.1. The Hall–Kier alpha value is -2.28. The standard InChI is InChI=1S/C24H27N/c1-25-17-23(24(18-25)22-10-6-3-7-11-22)16-19-12-14-21(15-13-19)20-8-4-2-5-9-20/h2-11,17-19,21H,12-16H2,1H3. The van der Waals surface area contributed by atoms with Gasteiger partial charge in [-0.15, -0.1) is 0 Å². The molecule has 1 fully saturated rings. The average molecular weight is 329 g/mol. The topological polar surface area (TPSA) is 4.93 Å². The predicted octanol–water partition coefficient (Wildman–Crippen LogP) is 6.21. The van der Waals surface area contributed by atoms with Gasteiger partial charge >= 0.3 is 0 Å². The van der Waals surface area contributed by atoms with Gasteiger partial charge in [-0.25, -0.2) is 0 Å². The predicted molar refractivity (Wildman–Crippen MR) is 106 cm³/mol. The van der Waals surface area contributed by atoms with E-state index in [1.54, 1.807) is 0 Å². The van der Waals surface area contributed by atoms with Crippen molar-refractivity contribution in [3.63, 3.8) is 0 Å². The van der Waals surface area contributed by atoms with Gasteiger partial charge in [0.05, 0.1) is 0 Å². The van der Waals surface area contributed by atoms with Crippen LogP contribution in [0.5, 0.6) is 0 Å². The van der Waals surface area contributed by atoms with Crippen LogP contribution in [-0.4, -0.2) is 4.57 Å².